The first-order chi connectivity index (χ1) is 13.6. The van der Waals surface area contributed by atoms with Crippen LogP contribution in [0.2, 0.25) is 0 Å². The lowest BCUT2D eigenvalue weighted by Gasteiger charge is -2.26. The van der Waals surface area contributed by atoms with Crippen LogP contribution in [-0.2, 0) is 9.59 Å². The smallest absolute Gasteiger partial charge is 0.335 e. The topological polar surface area (TPSA) is 317 Å². The van der Waals surface area contributed by atoms with Gasteiger partial charge in [0.15, 0.2) is 12.2 Å². The minimum Gasteiger partial charge on any atom is -0.479 e. The van der Waals surface area contributed by atoms with Crippen molar-refractivity contribution in [3.63, 3.8) is 0 Å². The Morgan fingerprint density at radius 1 is 0.467 bits per heavy atom. The second kappa shape index (κ2) is 14.5. The van der Waals surface area contributed by atoms with Gasteiger partial charge in [-0.15, -0.1) is 0 Å². The Balaban J connectivity index is 0. The Bertz CT molecular complexity index is 458. The van der Waals surface area contributed by atoms with E-state index in [0.717, 1.165) is 0 Å². The molecule has 0 amide bonds. The molecule has 0 bridgehead atoms. The lowest BCUT2D eigenvalue weighted by molar-refractivity contribution is -0.170. The van der Waals surface area contributed by atoms with Gasteiger partial charge in [-0.1, -0.05) is 0 Å². The predicted octanol–water partition coefficient (Wildman–Crippen LogP) is -8.26. The fourth-order valence-corrected chi connectivity index (χ4v) is 1.74. The molecule has 16 nitrogen and oxygen atoms in total. The van der Waals surface area contributed by atoms with Crippen molar-refractivity contribution in [3.05, 3.63) is 0 Å². The van der Waals surface area contributed by atoms with Crippen LogP contribution in [0.3, 0.4) is 0 Å². The fourth-order valence-electron chi connectivity index (χ4n) is 1.74. The molecule has 0 aromatic rings. The van der Waals surface area contributed by atoms with E-state index >= 15 is 0 Å². The van der Waals surface area contributed by atoms with E-state index in [4.69, 9.17) is 71.5 Å². The van der Waals surface area contributed by atoms with E-state index in [1.54, 1.807) is 0 Å². The van der Waals surface area contributed by atoms with Crippen molar-refractivity contribution >= 4 is 11.9 Å². The van der Waals surface area contributed by atoms with Crippen molar-refractivity contribution in [2.45, 2.75) is 61.0 Å². The number of rotatable bonds is 12. The van der Waals surface area contributed by atoms with E-state index in [9.17, 15) is 9.59 Å². The summed E-state index contributed by atoms with van der Waals surface area (Å²) in [5.41, 5.74) is 0. The number of carboxylic acids is 2. The van der Waals surface area contributed by atoms with E-state index in [1.165, 1.54) is 0 Å². The summed E-state index contributed by atoms with van der Waals surface area (Å²) in [4.78, 5) is 20.4. The van der Waals surface area contributed by atoms with Gasteiger partial charge in [-0.3, -0.25) is 0 Å². The molecule has 0 aliphatic rings. The van der Waals surface area contributed by atoms with Crippen LogP contribution in [0.4, 0.5) is 0 Å². The number of hydrogen-bond donors (Lipinski definition) is 14. The van der Waals surface area contributed by atoms with Crippen LogP contribution >= 0.6 is 0 Å². The molecule has 0 fully saturated rings. The predicted molar refractivity (Wildman–Crippen MR) is 89.5 cm³/mol. The molecule has 14 N–H and O–H groups in total. The Kier molecular flexibility index (Phi) is 14.8. The lowest BCUT2D eigenvalue weighted by Crippen LogP contribution is -2.51. The van der Waals surface area contributed by atoms with Gasteiger partial charge in [0.2, 0.25) is 0 Å². The Morgan fingerprint density at radius 2 is 0.700 bits per heavy atom. The van der Waals surface area contributed by atoms with Gasteiger partial charge < -0.3 is 71.5 Å². The molecule has 180 valence electrons. The third-order valence-corrected chi connectivity index (χ3v) is 3.72. The Hall–Kier alpha value is -1.54. The van der Waals surface area contributed by atoms with Gasteiger partial charge in [-0.2, -0.15) is 0 Å². The second-order valence-electron chi connectivity index (χ2n) is 6.01. The molecule has 0 saturated carbocycles. The van der Waals surface area contributed by atoms with E-state index in [1.807, 2.05) is 0 Å². The average Bonchev–Trinajstić information content (AvgIpc) is 2.73. The number of carboxylic acid groups (broad SMARTS) is 2. The average molecular weight is 452 g/mol. The van der Waals surface area contributed by atoms with Crippen molar-refractivity contribution in [3.8, 4) is 0 Å². The molecular formula is C14H28O16. The fraction of sp³-hybridized carbons (Fsp3) is 0.857. The van der Waals surface area contributed by atoms with Crippen molar-refractivity contribution in [1.29, 1.82) is 0 Å². The summed E-state index contributed by atoms with van der Waals surface area (Å²) in [5.74, 6) is -3.57. The Labute approximate surface area is 168 Å². The normalized spacial score (nSPS) is 21.5. The maximum absolute atomic E-state index is 10.2. The molecule has 0 heterocycles. The molecule has 2 unspecified atom stereocenters. The monoisotopic (exact) mass is 452 g/mol. The highest BCUT2D eigenvalue weighted by Crippen LogP contribution is 2.09. The number of carbonyl (C=O) groups is 2. The standard InChI is InChI=1S/2C7H14O8/c2*8-1-2(9)3(10)4(11)5(12)6(13)7(14)15/h2*2-6,8-13H,1H2,(H,14,15)/t2*2-,3-,4-,5-,6?/m11/s1. The van der Waals surface area contributed by atoms with Crippen molar-refractivity contribution in [2.24, 2.45) is 0 Å². The third kappa shape index (κ3) is 9.51. The molecule has 0 rings (SSSR count). The minimum atomic E-state index is -2.29. The summed E-state index contributed by atoms with van der Waals surface area (Å²) in [6.45, 7) is -1.76. The molecule has 0 aromatic heterocycles. The quantitative estimate of drug-likeness (QED) is 0.131. The van der Waals surface area contributed by atoms with Gasteiger partial charge in [-0.05, 0) is 0 Å². The highest BCUT2D eigenvalue weighted by atomic mass is 16.4. The van der Waals surface area contributed by atoms with Crippen LogP contribution in [0, 0.1) is 0 Å². The molecule has 0 radical (unpaired) electrons. The van der Waals surface area contributed by atoms with Gasteiger partial charge >= 0.3 is 11.9 Å². The molecule has 16 heteroatoms. The largest absolute Gasteiger partial charge is 0.479 e. The highest BCUT2D eigenvalue weighted by molar-refractivity contribution is 5.73. The SMILES string of the molecule is O=C(O)C(O)[C@H](O)[C@H](O)[C@H](O)[C@H](O)CO.O=C(O)C(O)[C@H](O)[C@H](O)[C@H](O)[C@H](O)CO. The van der Waals surface area contributed by atoms with Crippen molar-refractivity contribution in [2.75, 3.05) is 13.2 Å². The van der Waals surface area contributed by atoms with E-state index in [2.05, 4.69) is 0 Å². The molecule has 0 spiro atoms. The van der Waals surface area contributed by atoms with Crippen LogP contribution < -0.4 is 0 Å². The summed E-state index contributed by atoms with van der Waals surface area (Å²) >= 11 is 0. The van der Waals surface area contributed by atoms with E-state index in [0.29, 0.717) is 0 Å². The molecular weight excluding hydrogens is 424 g/mol. The molecule has 0 aliphatic heterocycles. The van der Waals surface area contributed by atoms with Gasteiger partial charge in [-0.25, -0.2) is 9.59 Å². The zero-order valence-electron chi connectivity index (χ0n) is 15.3. The van der Waals surface area contributed by atoms with Crippen LogP contribution in [0.25, 0.3) is 0 Å². The summed E-state index contributed by atoms with van der Waals surface area (Å²) in [7, 11) is 0. The summed E-state index contributed by atoms with van der Waals surface area (Å²) in [6.07, 6.45) is -20.5. The first kappa shape index (κ1) is 30.7. The van der Waals surface area contributed by atoms with E-state index in [-0.39, 0.29) is 0 Å². The van der Waals surface area contributed by atoms with Crippen LogP contribution in [-0.4, -0.2) is 158 Å². The van der Waals surface area contributed by atoms with Crippen LogP contribution in [0.5, 0.6) is 0 Å². The first-order valence-corrected chi connectivity index (χ1v) is 8.13. The zero-order chi connectivity index (χ0) is 24.3. The molecule has 0 saturated heterocycles. The zero-order valence-corrected chi connectivity index (χ0v) is 15.3. The number of aliphatic hydroxyl groups is 12. The van der Waals surface area contributed by atoms with Crippen LogP contribution in [0.15, 0.2) is 0 Å². The van der Waals surface area contributed by atoms with Crippen molar-refractivity contribution in [1.82, 2.24) is 0 Å². The maximum atomic E-state index is 10.2. The maximum Gasteiger partial charge on any atom is 0.335 e. The highest BCUT2D eigenvalue weighted by Gasteiger charge is 2.37. The molecule has 30 heavy (non-hydrogen) atoms. The van der Waals surface area contributed by atoms with Crippen LogP contribution in [0.1, 0.15) is 0 Å². The third-order valence-electron chi connectivity index (χ3n) is 3.72. The number of aliphatic hydroxyl groups excluding tert-OH is 12. The summed E-state index contributed by atoms with van der Waals surface area (Å²) in [5, 5.41) is 123. The first-order valence-electron chi connectivity index (χ1n) is 8.13. The summed E-state index contributed by atoms with van der Waals surface area (Å²) in [6, 6.07) is 0. The second-order valence-corrected chi connectivity index (χ2v) is 6.01. The molecule has 10 atom stereocenters. The summed E-state index contributed by atoms with van der Waals surface area (Å²) < 4.78 is 0. The number of aliphatic carboxylic acids is 2. The van der Waals surface area contributed by atoms with E-state index < -0.39 is 86.2 Å². The molecule has 0 aromatic carbocycles. The molecule has 0 aliphatic carbocycles. The Morgan fingerprint density at radius 3 is 0.867 bits per heavy atom. The van der Waals surface area contributed by atoms with Crippen molar-refractivity contribution < 1.29 is 81.1 Å². The van der Waals surface area contributed by atoms with Gasteiger partial charge in [0.05, 0.1) is 13.2 Å². The number of hydrogen-bond acceptors (Lipinski definition) is 14. The van der Waals surface area contributed by atoms with Gasteiger partial charge in [0.1, 0.15) is 48.8 Å². The minimum absolute atomic E-state index is 0.881. The van der Waals surface area contributed by atoms with Gasteiger partial charge in [0.25, 0.3) is 0 Å². The lowest BCUT2D eigenvalue weighted by atomic mass is 9.99. The van der Waals surface area contributed by atoms with Gasteiger partial charge in [0, 0.05) is 0 Å².